The van der Waals surface area contributed by atoms with E-state index in [0.717, 1.165) is 0 Å². The minimum Gasteiger partial charge on any atom is -0.444 e. The number of amides is 1. The van der Waals surface area contributed by atoms with E-state index in [-0.39, 0.29) is 11.9 Å². The minimum absolute atomic E-state index is 0.324. The molecule has 3 rings (SSSR count). The van der Waals surface area contributed by atoms with Crippen molar-refractivity contribution in [1.82, 2.24) is 14.9 Å². The molecule has 2 heterocycles. The average Bonchev–Trinajstić information content (AvgIpc) is 2.76. The van der Waals surface area contributed by atoms with Gasteiger partial charge in [0.05, 0.1) is 10.5 Å². The maximum Gasteiger partial charge on any atom is 0.410 e. The Hall–Kier alpha value is -2.88. The van der Waals surface area contributed by atoms with Gasteiger partial charge in [0.25, 0.3) is 0 Å². The Morgan fingerprint density at radius 3 is 2.03 bits per heavy atom. The normalized spacial score (nSPS) is 16.4. The molecular weight excluding hydrogens is 457 g/mol. The first-order valence-corrected chi connectivity index (χ1v) is 12.3. The van der Waals surface area contributed by atoms with E-state index in [2.05, 4.69) is 14.4 Å². The second-order valence-corrected chi connectivity index (χ2v) is 11.9. The Morgan fingerprint density at radius 2 is 1.53 bits per heavy atom. The van der Waals surface area contributed by atoms with Crippen LogP contribution in [0.3, 0.4) is 0 Å². The minimum atomic E-state index is -1.52. The lowest BCUT2D eigenvalue weighted by atomic mass is 10.1. The lowest BCUT2D eigenvalue weighted by molar-refractivity contribution is 0.0240. The van der Waals surface area contributed by atoms with E-state index >= 15 is 0 Å². The van der Waals surface area contributed by atoms with Crippen molar-refractivity contribution in [2.75, 3.05) is 31.1 Å². The third-order valence-electron chi connectivity index (χ3n) is 4.94. The van der Waals surface area contributed by atoms with E-state index in [0.29, 0.717) is 49.0 Å². The molecule has 0 saturated carbocycles. The van der Waals surface area contributed by atoms with Crippen molar-refractivity contribution in [1.29, 1.82) is 0 Å². The van der Waals surface area contributed by atoms with Gasteiger partial charge < -0.3 is 14.5 Å². The van der Waals surface area contributed by atoms with Crippen LogP contribution in [0.1, 0.15) is 52.7 Å². The van der Waals surface area contributed by atoms with Crippen LogP contribution in [0.5, 0.6) is 0 Å². The topological polar surface area (TPSA) is 88.0 Å². The molecule has 1 aromatic heterocycles. The highest BCUT2D eigenvalue weighted by Crippen LogP contribution is 2.19. The largest absolute Gasteiger partial charge is 0.444 e. The third-order valence-corrected chi connectivity index (χ3v) is 6.34. The van der Waals surface area contributed by atoms with Crippen LogP contribution in [0.15, 0.2) is 41.1 Å². The van der Waals surface area contributed by atoms with E-state index in [1.807, 2.05) is 46.4 Å². The number of carbonyl (C=O) groups excluding carboxylic acids is 1. The number of benzene rings is 1. The predicted molar refractivity (Wildman–Crippen MR) is 132 cm³/mol. The number of aromatic nitrogens is 2. The average molecular weight is 490 g/mol. The number of anilines is 1. The molecule has 0 unspecified atom stereocenters. The van der Waals surface area contributed by atoms with Crippen LogP contribution in [0.25, 0.3) is 0 Å². The monoisotopic (exact) mass is 489 g/mol. The van der Waals surface area contributed by atoms with Crippen LogP contribution in [-0.4, -0.2) is 67.4 Å². The fraction of sp³-hybridized carbons (Fsp3) is 0.500. The summed E-state index contributed by atoms with van der Waals surface area (Å²) in [6, 6.07) is 5.87. The number of hydrogen-bond acceptors (Lipinski definition) is 6. The van der Waals surface area contributed by atoms with Gasteiger partial charge in [0, 0.05) is 49.7 Å². The number of halogens is 1. The van der Waals surface area contributed by atoms with Crippen molar-refractivity contribution in [3.05, 3.63) is 53.6 Å². The Bertz CT molecular complexity index is 1050. The second-order valence-electron chi connectivity index (χ2n) is 10.0. The van der Waals surface area contributed by atoms with Gasteiger partial charge in [0.1, 0.15) is 22.4 Å². The van der Waals surface area contributed by atoms with Crippen molar-refractivity contribution in [2.45, 2.75) is 51.9 Å². The number of carbonyl (C=O) groups is 1. The van der Waals surface area contributed by atoms with Gasteiger partial charge in [-0.15, -0.1) is 0 Å². The first-order valence-electron chi connectivity index (χ1n) is 11.2. The molecule has 10 heteroatoms. The summed E-state index contributed by atoms with van der Waals surface area (Å²) in [6.07, 6.45) is 2.94. The molecule has 0 radical (unpaired) electrons. The van der Waals surface area contributed by atoms with E-state index in [4.69, 9.17) is 4.74 Å². The molecule has 1 saturated heterocycles. The Balaban J connectivity index is 1.77. The molecule has 1 atom stereocenters. The van der Waals surface area contributed by atoms with Gasteiger partial charge in [-0.3, -0.25) is 0 Å². The molecular formula is C24H32FN5O3S. The fourth-order valence-corrected chi connectivity index (χ4v) is 3.77. The lowest BCUT2D eigenvalue weighted by Gasteiger charge is -2.35. The summed E-state index contributed by atoms with van der Waals surface area (Å²) in [5.74, 6) is 0.167. The van der Waals surface area contributed by atoms with Crippen LogP contribution in [0.2, 0.25) is 0 Å². The summed E-state index contributed by atoms with van der Waals surface area (Å²) in [4.78, 5) is 24.9. The van der Waals surface area contributed by atoms with Gasteiger partial charge in [-0.2, -0.15) is 4.40 Å². The molecule has 0 aliphatic carbocycles. The molecule has 0 N–H and O–H groups in total. The number of piperazine rings is 1. The van der Waals surface area contributed by atoms with Gasteiger partial charge >= 0.3 is 6.09 Å². The molecule has 1 aliphatic rings. The second kappa shape index (κ2) is 10.2. The van der Waals surface area contributed by atoms with Gasteiger partial charge in [0.15, 0.2) is 0 Å². The van der Waals surface area contributed by atoms with Gasteiger partial charge in [0.2, 0.25) is 5.95 Å². The Labute approximate surface area is 202 Å². The summed E-state index contributed by atoms with van der Waals surface area (Å²) < 4.78 is 35.5. The van der Waals surface area contributed by atoms with E-state index < -0.39 is 21.3 Å². The molecule has 1 fully saturated rings. The summed E-state index contributed by atoms with van der Waals surface area (Å²) in [5.41, 5.74) is 1.12. The van der Waals surface area contributed by atoms with Gasteiger partial charge in [-0.25, -0.2) is 23.4 Å². The zero-order chi connectivity index (χ0) is 25.1. The van der Waals surface area contributed by atoms with E-state index in [1.54, 1.807) is 29.4 Å². The lowest BCUT2D eigenvalue weighted by Crippen LogP contribution is -2.50. The highest BCUT2D eigenvalue weighted by molar-refractivity contribution is 7.85. The Morgan fingerprint density at radius 1 is 0.971 bits per heavy atom. The van der Waals surface area contributed by atoms with Crippen molar-refractivity contribution >= 4 is 28.7 Å². The van der Waals surface area contributed by atoms with Crippen LogP contribution in [0, 0.1) is 5.82 Å². The van der Waals surface area contributed by atoms with Crippen LogP contribution >= 0.6 is 0 Å². The van der Waals surface area contributed by atoms with Crippen LogP contribution in [0.4, 0.5) is 15.1 Å². The highest BCUT2D eigenvalue weighted by Gasteiger charge is 2.27. The maximum absolute atomic E-state index is 13.5. The summed E-state index contributed by atoms with van der Waals surface area (Å²) in [6.45, 7) is 13.2. The molecule has 0 bridgehead atoms. The van der Waals surface area contributed by atoms with Crippen molar-refractivity contribution in [3.8, 4) is 0 Å². The number of ether oxygens (including phenoxy) is 1. The first kappa shape index (κ1) is 25.7. The molecule has 1 amide bonds. The quantitative estimate of drug-likeness (QED) is 0.604. The van der Waals surface area contributed by atoms with Crippen LogP contribution in [-0.2, 0) is 15.7 Å². The van der Waals surface area contributed by atoms with E-state index in [9.17, 15) is 13.4 Å². The fourth-order valence-electron chi connectivity index (χ4n) is 3.12. The summed E-state index contributed by atoms with van der Waals surface area (Å²) in [5, 5.41) is 0. The third kappa shape index (κ3) is 6.82. The number of hydrogen-bond donors (Lipinski definition) is 0. The van der Waals surface area contributed by atoms with Gasteiger partial charge in [-0.05, 0) is 65.8 Å². The standard InChI is InChI=1S/C24H32FN5O3S/c1-23(2,3)33-22(31)30-13-11-29(12-14-30)21-26-15-18(16-27-21)20(28-34(32)24(4,5)6)17-7-9-19(25)10-8-17/h7-10,15-16H,11-14H2,1-6H3/b28-20+/t34-/m0/s1. The zero-order valence-corrected chi connectivity index (χ0v) is 21.4. The molecule has 0 spiro atoms. The number of rotatable bonds is 4. The highest BCUT2D eigenvalue weighted by atomic mass is 32.2. The van der Waals surface area contributed by atoms with Crippen molar-refractivity contribution in [3.63, 3.8) is 0 Å². The molecule has 34 heavy (non-hydrogen) atoms. The predicted octanol–water partition coefficient (Wildman–Crippen LogP) is 3.97. The zero-order valence-electron chi connectivity index (χ0n) is 20.5. The smallest absolute Gasteiger partial charge is 0.410 e. The molecule has 1 aromatic carbocycles. The number of nitrogens with zero attached hydrogens (tertiary/aromatic N) is 5. The summed E-state index contributed by atoms with van der Waals surface area (Å²) in [7, 11) is -1.52. The van der Waals surface area contributed by atoms with Crippen LogP contribution < -0.4 is 4.90 Å². The molecule has 2 aromatic rings. The van der Waals surface area contributed by atoms with Gasteiger partial charge in [-0.1, -0.05) is 0 Å². The molecule has 1 aliphatic heterocycles. The van der Waals surface area contributed by atoms with E-state index in [1.165, 1.54) is 12.1 Å². The van der Waals surface area contributed by atoms with Crippen molar-refractivity contribution in [2.24, 2.45) is 4.40 Å². The Kier molecular flexibility index (Phi) is 7.70. The SMILES string of the molecule is CC(C)(C)OC(=O)N1CCN(c2ncc(/C(=N/[S@@](=O)C(C)(C)C)c3ccc(F)cc3)cn2)CC1. The summed E-state index contributed by atoms with van der Waals surface area (Å²) >= 11 is 0. The van der Waals surface area contributed by atoms with Crippen molar-refractivity contribution < 1.29 is 18.1 Å². The molecule has 184 valence electrons. The first-order chi connectivity index (χ1) is 15.8. The molecule has 8 nitrogen and oxygen atoms in total. The maximum atomic E-state index is 13.5.